The highest BCUT2D eigenvalue weighted by Gasteiger charge is 2.28. The second-order valence-corrected chi connectivity index (χ2v) is 7.65. The zero-order valence-corrected chi connectivity index (χ0v) is 19.0. The van der Waals surface area contributed by atoms with Gasteiger partial charge in [-0.2, -0.15) is 5.10 Å². The number of halogens is 1. The quantitative estimate of drug-likeness (QED) is 0.506. The van der Waals surface area contributed by atoms with Crippen molar-refractivity contribution in [2.45, 2.75) is 12.8 Å². The molecule has 8 nitrogen and oxygen atoms in total. The number of rotatable bonds is 7. The lowest BCUT2D eigenvalue weighted by Gasteiger charge is -2.31. The number of nitrogens with zero attached hydrogens (tertiary/aromatic N) is 2. The topological polar surface area (TPSA) is 89.5 Å². The molecule has 0 aromatic heterocycles. The summed E-state index contributed by atoms with van der Waals surface area (Å²) in [5, 5.41) is 4.49. The number of ether oxygens (including phenoxy) is 3. The predicted octanol–water partition coefficient (Wildman–Crippen LogP) is 3.37. The van der Waals surface area contributed by atoms with Crippen LogP contribution in [0.4, 0.5) is 0 Å². The number of hydrogen-bond acceptors (Lipinski definition) is 6. The Hall–Kier alpha value is -3.26. The molecule has 0 bridgehead atoms. The minimum Gasteiger partial charge on any atom is -0.493 e. The largest absolute Gasteiger partial charge is 0.493 e. The van der Waals surface area contributed by atoms with Gasteiger partial charge in [0.2, 0.25) is 11.7 Å². The highest BCUT2D eigenvalue weighted by molar-refractivity contribution is 6.33. The first-order valence-electron chi connectivity index (χ1n) is 10.1. The maximum atomic E-state index is 12.7. The molecule has 2 aromatic rings. The van der Waals surface area contributed by atoms with E-state index in [0.717, 1.165) is 0 Å². The van der Waals surface area contributed by atoms with Crippen molar-refractivity contribution >= 4 is 29.6 Å². The van der Waals surface area contributed by atoms with Crippen molar-refractivity contribution in [1.82, 2.24) is 10.3 Å². The fourth-order valence-electron chi connectivity index (χ4n) is 3.59. The number of hydrazone groups is 1. The van der Waals surface area contributed by atoms with Gasteiger partial charge in [0.15, 0.2) is 11.5 Å². The van der Waals surface area contributed by atoms with E-state index in [1.165, 1.54) is 27.5 Å². The molecule has 0 aliphatic carbocycles. The van der Waals surface area contributed by atoms with Crippen LogP contribution in [0.1, 0.15) is 28.8 Å². The average Bonchev–Trinajstić information content (AvgIpc) is 2.83. The standard InChI is InChI=1S/C23H26ClN3O5/c1-30-19-12-15(13-20(31-2)21(19)32-3)14-25-26-22(28)16-8-10-27(11-9-16)23(29)17-6-4-5-7-18(17)24/h4-7,12-14,16H,8-11H2,1-3H3,(H,26,28)/b25-14-. The first kappa shape index (κ1) is 23.4. The third-order valence-corrected chi connectivity index (χ3v) is 5.66. The van der Waals surface area contributed by atoms with Crippen molar-refractivity contribution in [2.24, 2.45) is 11.0 Å². The van der Waals surface area contributed by atoms with Crippen LogP contribution < -0.4 is 19.6 Å². The van der Waals surface area contributed by atoms with E-state index in [1.807, 2.05) is 0 Å². The SMILES string of the molecule is COc1cc(/C=N\NC(=O)C2CCN(C(=O)c3ccccc3Cl)CC2)cc(OC)c1OC. The van der Waals surface area contributed by atoms with E-state index in [4.69, 9.17) is 25.8 Å². The van der Waals surface area contributed by atoms with Crippen LogP contribution in [-0.4, -0.2) is 57.3 Å². The molecule has 170 valence electrons. The molecule has 32 heavy (non-hydrogen) atoms. The predicted molar refractivity (Wildman–Crippen MR) is 122 cm³/mol. The molecule has 1 aliphatic heterocycles. The molecule has 0 atom stereocenters. The highest BCUT2D eigenvalue weighted by atomic mass is 35.5. The number of carbonyl (C=O) groups is 2. The zero-order valence-electron chi connectivity index (χ0n) is 18.3. The van der Waals surface area contributed by atoms with Crippen molar-refractivity contribution < 1.29 is 23.8 Å². The second kappa shape index (κ2) is 10.9. The molecule has 1 aliphatic rings. The fraction of sp³-hybridized carbons (Fsp3) is 0.348. The van der Waals surface area contributed by atoms with Gasteiger partial charge in [0.1, 0.15) is 0 Å². The summed E-state index contributed by atoms with van der Waals surface area (Å²) < 4.78 is 15.9. The van der Waals surface area contributed by atoms with Crippen molar-refractivity contribution in [3.05, 3.63) is 52.5 Å². The normalized spacial score (nSPS) is 14.3. The molecule has 1 fully saturated rings. The molecule has 1 N–H and O–H groups in total. The maximum absolute atomic E-state index is 12.7. The van der Waals surface area contributed by atoms with Gasteiger partial charge in [-0.05, 0) is 37.1 Å². The Bertz CT molecular complexity index is 978. The van der Waals surface area contributed by atoms with Crippen LogP contribution in [-0.2, 0) is 4.79 Å². The number of likely N-dealkylation sites (tertiary alicyclic amines) is 1. The Morgan fingerprint density at radius 3 is 2.25 bits per heavy atom. The smallest absolute Gasteiger partial charge is 0.255 e. The summed E-state index contributed by atoms with van der Waals surface area (Å²) in [6.07, 6.45) is 2.63. The van der Waals surface area contributed by atoms with Gasteiger partial charge in [-0.15, -0.1) is 0 Å². The summed E-state index contributed by atoms with van der Waals surface area (Å²) in [6, 6.07) is 10.4. The van der Waals surface area contributed by atoms with Crippen LogP contribution in [0.25, 0.3) is 0 Å². The molecule has 3 rings (SSSR count). The number of benzene rings is 2. The molecule has 0 spiro atoms. The van der Waals surface area contributed by atoms with Crippen LogP contribution in [0.3, 0.4) is 0 Å². The van der Waals surface area contributed by atoms with E-state index < -0.39 is 0 Å². The van der Waals surface area contributed by atoms with E-state index >= 15 is 0 Å². The van der Waals surface area contributed by atoms with Gasteiger partial charge in [-0.25, -0.2) is 5.43 Å². The molecule has 1 saturated heterocycles. The zero-order chi connectivity index (χ0) is 23.1. The van der Waals surface area contributed by atoms with Crippen LogP contribution >= 0.6 is 11.6 Å². The number of nitrogens with one attached hydrogen (secondary N) is 1. The molecular weight excluding hydrogens is 434 g/mol. The first-order chi connectivity index (χ1) is 15.5. The molecule has 9 heteroatoms. The van der Waals surface area contributed by atoms with Gasteiger partial charge in [0.25, 0.3) is 5.91 Å². The summed E-state index contributed by atoms with van der Waals surface area (Å²) in [7, 11) is 4.59. The van der Waals surface area contributed by atoms with Crippen molar-refractivity contribution in [3.63, 3.8) is 0 Å². The Morgan fingerprint density at radius 2 is 1.69 bits per heavy atom. The van der Waals surface area contributed by atoms with Crippen molar-refractivity contribution in [3.8, 4) is 17.2 Å². The first-order valence-corrected chi connectivity index (χ1v) is 10.5. The minimum atomic E-state index is -0.220. The van der Waals surface area contributed by atoms with Crippen molar-refractivity contribution in [1.29, 1.82) is 0 Å². The summed E-state index contributed by atoms with van der Waals surface area (Å²) in [5.41, 5.74) is 3.74. The number of methoxy groups -OCH3 is 3. The number of piperidine rings is 1. The number of hydrogen-bond donors (Lipinski definition) is 1. The van der Waals surface area contributed by atoms with Gasteiger partial charge >= 0.3 is 0 Å². The Labute approximate surface area is 192 Å². The van der Waals surface area contributed by atoms with Gasteiger partial charge in [-0.1, -0.05) is 23.7 Å². The molecule has 0 unspecified atom stereocenters. The number of carbonyl (C=O) groups excluding carboxylic acids is 2. The summed E-state index contributed by atoms with van der Waals surface area (Å²) >= 11 is 6.13. The average molecular weight is 460 g/mol. The maximum Gasteiger partial charge on any atom is 0.255 e. The van der Waals surface area contributed by atoms with E-state index in [2.05, 4.69) is 10.5 Å². The molecule has 0 saturated carbocycles. The highest BCUT2D eigenvalue weighted by Crippen LogP contribution is 2.37. The van der Waals surface area contributed by atoms with Crippen molar-refractivity contribution in [2.75, 3.05) is 34.4 Å². The lowest BCUT2D eigenvalue weighted by atomic mass is 9.95. The van der Waals surface area contributed by atoms with E-state index in [9.17, 15) is 9.59 Å². The summed E-state index contributed by atoms with van der Waals surface area (Å²) in [4.78, 5) is 26.9. The molecule has 2 amide bonds. The van der Waals surface area contributed by atoms with Crippen LogP contribution in [0.2, 0.25) is 5.02 Å². The van der Waals surface area contributed by atoms with Crippen LogP contribution in [0, 0.1) is 5.92 Å². The fourth-order valence-corrected chi connectivity index (χ4v) is 3.80. The second-order valence-electron chi connectivity index (χ2n) is 7.24. The minimum absolute atomic E-state index is 0.116. The summed E-state index contributed by atoms with van der Waals surface area (Å²) in [6.45, 7) is 0.970. The molecule has 0 radical (unpaired) electrons. The van der Waals surface area contributed by atoms with Gasteiger partial charge in [-0.3, -0.25) is 9.59 Å². The van der Waals surface area contributed by atoms with E-state index in [-0.39, 0.29) is 17.7 Å². The summed E-state index contributed by atoms with van der Waals surface area (Å²) in [5.74, 6) is 0.954. The molecule has 1 heterocycles. The third kappa shape index (κ3) is 5.31. The molecular formula is C23H26ClN3O5. The van der Waals surface area contributed by atoms with E-state index in [0.29, 0.717) is 59.3 Å². The van der Waals surface area contributed by atoms with Gasteiger partial charge in [0, 0.05) is 24.6 Å². The van der Waals surface area contributed by atoms with Crippen LogP contribution in [0.15, 0.2) is 41.5 Å². The Balaban J connectivity index is 1.56. The number of amides is 2. The lowest BCUT2D eigenvalue weighted by Crippen LogP contribution is -2.42. The lowest BCUT2D eigenvalue weighted by molar-refractivity contribution is -0.126. The Kier molecular flexibility index (Phi) is 7.94. The van der Waals surface area contributed by atoms with Gasteiger partial charge < -0.3 is 19.1 Å². The monoisotopic (exact) mass is 459 g/mol. The molecule has 2 aromatic carbocycles. The van der Waals surface area contributed by atoms with E-state index in [1.54, 1.807) is 41.3 Å². The third-order valence-electron chi connectivity index (χ3n) is 5.33. The van der Waals surface area contributed by atoms with Gasteiger partial charge in [0.05, 0.1) is 38.1 Å². The Morgan fingerprint density at radius 1 is 1.06 bits per heavy atom. The van der Waals surface area contributed by atoms with Crippen LogP contribution in [0.5, 0.6) is 17.2 Å².